The number of hydrogen-bond donors (Lipinski definition) is 1. The first-order valence-electron chi connectivity index (χ1n) is 5.94. The molecule has 0 aromatic rings. The first kappa shape index (κ1) is 12.5. The van der Waals surface area contributed by atoms with Crippen LogP contribution in [0, 0.1) is 5.92 Å². The molecular formula is C12H23NO2. The van der Waals surface area contributed by atoms with Crippen LogP contribution in [0.5, 0.6) is 0 Å². The van der Waals surface area contributed by atoms with E-state index in [1.807, 2.05) is 14.0 Å². The van der Waals surface area contributed by atoms with E-state index in [1.54, 1.807) is 0 Å². The summed E-state index contributed by atoms with van der Waals surface area (Å²) in [6, 6.07) is 0. The van der Waals surface area contributed by atoms with Crippen LogP contribution in [0.3, 0.4) is 0 Å². The van der Waals surface area contributed by atoms with Crippen molar-refractivity contribution in [2.24, 2.45) is 5.92 Å². The Balaban J connectivity index is 2.39. The zero-order chi connectivity index (χ0) is 11.3. The number of hydrogen-bond acceptors (Lipinski definition) is 3. The molecule has 0 aliphatic heterocycles. The summed E-state index contributed by atoms with van der Waals surface area (Å²) < 4.78 is 4.99. The molecule has 1 atom stereocenters. The molecular weight excluding hydrogens is 190 g/mol. The highest BCUT2D eigenvalue weighted by Crippen LogP contribution is 2.34. The molecule has 0 heterocycles. The van der Waals surface area contributed by atoms with Gasteiger partial charge in [-0.05, 0) is 33.2 Å². The minimum absolute atomic E-state index is 0.0860. The number of rotatable bonds is 6. The van der Waals surface area contributed by atoms with Gasteiger partial charge in [0.1, 0.15) is 0 Å². The maximum atomic E-state index is 11.4. The maximum Gasteiger partial charge on any atom is 0.307 e. The second kappa shape index (κ2) is 5.50. The summed E-state index contributed by atoms with van der Waals surface area (Å²) in [6.45, 7) is 4.44. The van der Waals surface area contributed by atoms with Crippen LogP contribution in [-0.4, -0.2) is 25.2 Å². The molecule has 1 N–H and O–H groups in total. The number of ether oxygens (including phenoxy) is 1. The monoisotopic (exact) mass is 213 g/mol. The van der Waals surface area contributed by atoms with Gasteiger partial charge in [-0.15, -0.1) is 0 Å². The normalized spacial score (nSPS) is 20.5. The van der Waals surface area contributed by atoms with Crippen molar-refractivity contribution in [3.8, 4) is 0 Å². The lowest BCUT2D eigenvalue weighted by atomic mass is 9.75. The Bertz CT molecular complexity index is 214. The second-order valence-electron chi connectivity index (χ2n) is 4.79. The summed E-state index contributed by atoms with van der Waals surface area (Å²) >= 11 is 0. The Morgan fingerprint density at radius 3 is 2.60 bits per heavy atom. The molecule has 88 valence electrons. The molecule has 0 aromatic carbocycles. The average molecular weight is 213 g/mol. The van der Waals surface area contributed by atoms with Crippen LogP contribution in [0.15, 0.2) is 0 Å². The molecule has 0 spiro atoms. The number of nitrogens with one attached hydrogen (secondary N) is 1. The highest BCUT2D eigenvalue weighted by Gasteiger charge is 2.31. The van der Waals surface area contributed by atoms with Gasteiger partial charge in [-0.1, -0.05) is 19.3 Å². The van der Waals surface area contributed by atoms with Crippen LogP contribution in [0.25, 0.3) is 0 Å². The third-order valence-electron chi connectivity index (χ3n) is 3.41. The van der Waals surface area contributed by atoms with Gasteiger partial charge in [0.15, 0.2) is 0 Å². The fourth-order valence-electron chi connectivity index (χ4n) is 2.13. The molecule has 15 heavy (non-hydrogen) atoms. The first-order chi connectivity index (χ1) is 7.09. The van der Waals surface area contributed by atoms with Crippen molar-refractivity contribution in [2.75, 3.05) is 13.7 Å². The van der Waals surface area contributed by atoms with Crippen molar-refractivity contribution in [1.82, 2.24) is 5.32 Å². The van der Waals surface area contributed by atoms with E-state index in [4.69, 9.17) is 4.74 Å². The third kappa shape index (κ3) is 3.82. The zero-order valence-corrected chi connectivity index (χ0v) is 10.1. The van der Waals surface area contributed by atoms with Crippen molar-refractivity contribution in [1.29, 1.82) is 0 Å². The van der Waals surface area contributed by atoms with E-state index >= 15 is 0 Å². The molecule has 1 fully saturated rings. The summed E-state index contributed by atoms with van der Waals surface area (Å²) in [5.41, 5.74) is -0.0860. The highest BCUT2D eigenvalue weighted by molar-refractivity contribution is 5.70. The van der Waals surface area contributed by atoms with Crippen LogP contribution in [0.4, 0.5) is 0 Å². The SMILES string of the molecule is CCOC(=O)CC(C)(CC1CCC1)NC. The Morgan fingerprint density at radius 2 is 2.20 bits per heavy atom. The fraction of sp³-hybridized carbons (Fsp3) is 0.917. The molecule has 1 aliphatic rings. The van der Waals surface area contributed by atoms with Gasteiger partial charge in [-0.2, -0.15) is 0 Å². The highest BCUT2D eigenvalue weighted by atomic mass is 16.5. The van der Waals surface area contributed by atoms with E-state index in [9.17, 15) is 4.79 Å². The van der Waals surface area contributed by atoms with Gasteiger partial charge in [-0.25, -0.2) is 0 Å². The van der Waals surface area contributed by atoms with Crippen LogP contribution >= 0.6 is 0 Å². The quantitative estimate of drug-likeness (QED) is 0.687. The second-order valence-corrected chi connectivity index (χ2v) is 4.79. The number of carbonyl (C=O) groups excluding carboxylic acids is 1. The van der Waals surface area contributed by atoms with E-state index in [-0.39, 0.29) is 11.5 Å². The minimum Gasteiger partial charge on any atom is -0.466 e. The van der Waals surface area contributed by atoms with Crippen LogP contribution < -0.4 is 5.32 Å². The molecule has 0 radical (unpaired) electrons. The van der Waals surface area contributed by atoms with Gasteiger partial charge in [0.2, 0.25) is 0 Å². The zero-order valence-electron chi connectivity index (χ0n) is 10.1. The van der Waals surface area contributed by atoms with Gasteiger partial charge in [0.05, 0.1) is 13.0 Å². The smallest absolute Gasteiger partial charge is 0.307 e. The number of carbonyl (C=O) groups is 1. The van der Waals surface area contributed by atoms with E-state index in [2.05, 4.69) is 12.2 Å². The Morgan fingerprint density at radius 1 is 1.53 bits per heavy atom. The van der Waals surface area contributed by atoms with Crippen LogP contribution in [-0.2, 0) is 9.53 Å². The van der Waals surface area contributed by atoms with Crippen molar-refractivity contribution in [3.63, 3.8) is 0 Å². The van der Waals surface area contributed by atoms with Crippen molar-refractivity contribution < 1.29 is 9.53 Å². The van der Waals surface area contributed by atoms with Crippen molar-refractivity contribution in [3.05, 3.63) is 0 Å². The van der Waals surface area contributed by atoms with Crippen LogP contribution in [0.1, 0.15) is 46.0 Å². The summed E-state index contributed by atoms with van der Waals surface area (Å²) in [7, 11) is 1.93. The van der Waals surface area contributed by atoms with E-state index in [0.717, 1.165) is 12.3 Å². The Hall–Kier alpha value is -0.570. The Kier molecular flexibility index (Phi) is 4.58. The van der Waals surface area contributed by atoms with Crippen molar-refractivity contribution in [2.45, 2.75) is 51.5 Å². The molecule has 0 amide bonds. The van der Waals surface area contributed by atoms with Gasteiger partial charge in [0, 0.05) is 5.54 Å². The fourth-order valence-corrected chi connectivity index (χ4v) is 2.13. The van der Waals surface area contributed by atoms with E-state index in [0.29, 0.717) is 13.0 Å². The minimum atomic E-state index is -0.0892. The summed E-state index contributed by atoms with van der Waals surface area (Å²) in [6.07, 6.45) is 5.56. The molecule has 0 saturated heterocycles. The van der Waals surface area contributed by atoms with Crippen molar-refractivity contribution >= 4 is 5.97 Å². The summed E-state index contributed by atoms with van der Waals surface area (Å²) in [5, 5.41) is 3.27. The molecule has 3 nitrogen and oxygen atoms in total. The predicted molar refractivity (Wildman–Crippen MR) is 60.7 cm³/mol. The lowest BCUT2D eigenvalue weighted by Gasteiger charge is -2.36. The van der Waals surface area contributed by atoms with Gasteiger partial charge in [0.25, 0.3) is 0 Å². The molecule has 1 unspecified atom stereocenters. The lowest BCUT2D eigenvalue weighted by molar-refractivity contribution is -0.144. The average Bonchev–Trinajstić information content (AvgIpc) is 2.12. The topological polar surface area (TPSA) is 38.3 Å². The molecule has 1 aliphatic carbocycles. The van der Waals surface area contributed by atoms with Crippen LogP contribution in [0.2, 0.25) is 0 Å². The first-order valence-corrected chi connectivity index (χ1v) is 5.94. The van der Waals surface area contributed by atoms with Gasteiger partial charge in [-0.3, -0.25) is 4.79 Å². The summed E-state index contributed by atoms with van der Waals surface area (Å²) in [5.74, 6) is 0.713. The summed E-state index contributed by atoms with van der Waals surface area (Å²) in [4.78, 5) is 11.4. The number of esters is 1. The van der Waals surface area contributed by atoms with Gasteiger partial charge >= 0.3 is 5.97 Å². The van der Waals surface area contributed by atoms with E-state index < -0.39 is 0 Å². The maximum absolute atomic E-state index is 11.4. The molecule has 0 aromatic heterocycles. The van der Waals surface area contributed by atoms with Gasteiger partial charge < -0.3 is 10.1 Å². The molecule has 1 rings (SSSR count). The standard InChI is InChI=1S/C12H23NO2/c1-4-15-11(14)9-12(2,13-3)8-10-6-5-7-10/h10,13H,4-9H2,1-3H3. The lowest BCUT2D eigenvalue weighted by Crippen LogP contribution is -2.44. The largest absolute Gasteiger partial charge is 0.466 e. The third-order valence-corrected chi connectivity index (χ3v) is 3.41. The molecule has 3 heteroatoms. The molecule has 1 saturated carbocycles. The molecule has 0 bridgehead atoms. The predicted octanol–water partition coefficient (Wildman–Crippen LogP) is 2.11. The van der Waals surface area contributed by atoms with E-state index in [1.165, 1.54) is 19.3 Å². The Labute approximate surface area is 92.6 Å².